The van der Waals surface area contributed by atoms with Crippen LogP contribution in [0.2, 0.25) is 0 Å². The van der Waals surface area contributed by atoms with Gasteiger partial charge in [0, 0.05) is 18.7 Å². The number of hydrogen-bond donors (Lipinski definition) is 1. The number of amides is 2. The van der Waals surface area contributed by atoms with Crippen LogP contribution in [-0.2, 0) is 16.0 Å². The van der Waals surface area contributed by atoms with E-state index in [0.29, 0.717) is 18.9 Å². The van der Waals surface area contributed by atoms with Gasteiger partial charge in [0.05, 0.1) is 13.7 Å². The molecule has 0 saturated carbocycles. The fraction of sp³-hybridized carbons (Fsp3) is 0.579. The van der Waals surface area contributed by atoms with Crippen LogP contribution in [0.15, 0.2) is 18.2 Å². The number of carbonyl (C=O) groups excluding carboxylic acids is 2. The molecule has 2 aliphatic heterocycles. The zero-order valence-corrected chi connectivity index (χ0v) is 14.9. The van der Waals surface area contributed by atoms with Crippen molar-refractivity contribution in [2.75, 3.05) is 38.2 Å². The van der Waals surface area contributed by atoms with Crippen LogP contribution >= 0.6 is 0 Å². The summed E-state index contributed by atoms with van der Waals surface area (Å²) in [4.78, 5) is 28.0. The predicted octanol–water partition coefficient (Wildman–Crippen LogP) is 1.56. The van der Waals surface area contributed by atoms with Gasteiger partial charge in [0.25, 0.3) is 0 Å². The van der Waals surface area contributed by atoms with Crippen LogP contribution in [0.5, 0.6) is 5.75 Å². The van der Waals surface area contributed by atoms with Gasteiger partial charge in [-0.25, -0.2) is 0 Å². The number of nitrogens with zero attached hydrogens (tertiary/aromatic N) is 2. The number of aryl methyl sites for hydroxylation is 1. The Morgan fingerprint density at radius 2 is 2.00 bits per heavy atom. The Kier molecular flexibility index (Phi) is 5.58. The Bertz CT molecular complexity index is 639. The van der Waals surface area contributed by atoms with Gasteiger partial charge >= 0.3 is 0 Å². The van der Waals surface area contributed by atoms with Gasteiger partial charge in [-0.15, -0.1) is 0 Å². The highest BCUT2D eigenvalue weighted by atomic mass is 16.5. The highest BCUT2D eigenvalue weighted by Crippen LogP contribution is 2.31. The van der Waals surface area contributed by atoms with Gasteiger partial charge in [-0.2, -0.15) is 0 Å². The van der Waals surface area contributed by atoms with Gasteiger partial charge in [-0.1, -0.05) is 0 Å². The zero-order chi connectivity index (χ0) is 17.8. The summed E-state index contributed by atoms with van der Waals surface area (Å²) >= 11 is 0. The van der Waals surface area contributed by atoms with E-state index in [0.717, 1.165) is 56.8 Å². The molecule has 1 aromatic rings. The van der Waals surface area contributed by atoms with Gasteiger partial charge in [-0.05, 0) is 68.5 Å². The van der Waals surface area contributed by atoms with Crippen molar-refractivity contribution in [1.29, 1.82) is 0 Å². The summed E-state index contributed by atoms with van der Waals surface area (Å²) in [6, 6.07) is 5.94. The molecule has 0 aliphatic carbocycles. The van der Waals surface area contributed by atoms with Gasteiger partial charge < -0.3 is 15.4 Å². The number of anilines is 1. The van der Waals surface area contributed by atoms with E-state index in [1.54, 1.807) is 7.11 Å². The Hall–Kier alpha value is -2.08. The van der Waals surface area contributed by atoms with E-state index in [-0.39, 0.29) is 11.8 Å². The van der Waals surface area contributed by atoms with E-state index in [9.17, 15) is 9.59 Å². The predicted molar refractivity (Wildman–Crippen MR) is 96.6 cm³/mol. The third-order valence-corrected chi connectivity index (χ3v) is 5.26. The SMILES string of the molecule is COc1ccc2c(c1)CCCN2C(=O)CN1CCC(CC(N)=O)CC1. The molecule has 0 bridgehead atoms. The monoisotopic (exact) mass is 345 g/mol. The van der Waals surface area contributed by atoms with Gasteiger partial charge in [0.2, 0.25) is 11.8 Å². The molecule has 6 heteroatoms. The summed E-state index contributed by atoms with van der Waals surface area (Å²) in [6.45, 7) is 2.92. The fourth-order valence-electron chi connectivity index (χ4n) is 3.87. The van der Waals surface area contributed by atoms with Crippen molar-refractivity contribution >= 4 is 17.5 Å². The highest BCUT2D eigenvalue weighted by molar-refractivity contribution is 5.96. The van der Waals surface area contributed by atoms with Crippen LogP contribution in [0.1, 0.15) is 31.2 Å². The van der Waals surface area contributed by atoms with E-state index < -0.39 is 0 Å². The smallest absolute Gasteiger partial charge is 0.241 e. The molecule has 0 atom stereocenters. The van der Waals surface area contributed by atoms with Gasteiger partial charge in [0.15, 0.2) is 0 Å². The highest BCUT2D eigenvalue weighted by Gasteiger charge is 2.27. The van der Waals surface area contributed by atoms with E-state index >= 15 is 0 Å². The normalized spacial score (nSPS) is 18.7. The maximum atomic E-state index is 12.8. The van der Waals surface area contributed by atoms with Crippen molar-refractivity contribution < 1.29 is 14.3 Å². The summed E-state index contributed by atoms with van der Waals surface area (Å²) in [5, 5.41) is 0. The van der Waals surface area contributed by atoms with Crippen molar-refractivity contribution in [2.24, 2.45) is 11.7 Å². The molecule has 6 nitrogen and oxygen atoms in total. The van der Waals surface area contributed by atoms with Crippen LogP contribution in [0.3, 0.4) is 0 Å². The Morgan fingerprint density at radius 1 is 1.24 bits per heavy atom. The molecule has 0 spiro atoms. The number of benzene rings is 1. The second kappa shape index (κ2) is 7.87. The third kappa shape index (κ3) is 4.31. The average Bonchev–Trinajstić information content (AvgIpc) is 2.61. The molecule has 2 N–H and O–H groups in total. The summed E-state index contributed by atoms with van der Waals surface area (Å²) < 4.78 is 5.29. The molecule has 2 amide bonds. The summed E-state index contributed by atoms with van der Waals surface area (Å²) in [7, 11) is 1.66. The first-order valence-corrected chi connectivity index (χ1v) is 9.04. The number of nitrogens with two attached hydrogens (primary N) is 1. The second-order valence-corrected chi connectivity index (χ2v) is 7.03. The first kappa shape index (κ1) is 17.7. The molecular weight excluding hydrogens is 318 g/mol. The van der Waals surface area contributed by atoms with Gasteiger partial charge in [-0.3, -0.25) is 14.5 Å². The number of rotatable bonds is 5. The quantitative estimate of drug-likeness (QED) is 0.879. The molecule has 2 heterocycles. The second-order valence-electron chi connectivity index (χ2n) is 7.03. The Balaban J connectivity index is 1.59. The lowest BCUT2D eigenvalue weighted by Crippen LogP contribution is -2.45. The molecule has 1 aromatic carbocycles. The van der Waals surface area contributed by atoms with E-state index in [1.807, 2.05) is 23.1 Å². The van der Waals surface area contributed by atoms with Crippen LogP contribution in [0.4, 0.5) is 5.69 Å². The average molecular weight is 345 g/mol. The molecule has 1 fully saturated rings. The van der Waals surface area contributed by atoms with Crippen LogP contribution in [0.25, 0.3) is 0 Å². The largest absolute Gasteiger partial charge is 0.497 e. The fourth-order valence-corrected chi connectivity index (χ4v) is 3.87. The van der Waals surface area contributed by atoms with Crippen molar-refractivity contribution in [2.45, 2.75) is 32.1 Å². The number of likely N-dealkylation sites (tertiary alicyclic amines) is 1. The summed E-state index contributed by atoms with van der Waals surface area (Å²) in [5.74, 6) is 1.13. The van der Waals surface area contributed by atoms with E-state index in [4.69, 9.17) is 10.5 Å². The lowest BCUT2D eigenvalue weighted by Gasteiger charge is -2.34. The number of ether oxygens (including phenoxy) is 1. The molecule has 136 valence electrons. The molecule has 1 saturated heterocycles. The Labute approximate surface area is 148 Å². The number of primary amides is 1. The maximum Gasteiger partial charge on any atom is 0.241 e. The van der Waals surface area contributed by atoms with Crippen molar-refractivity contribution in [1.82, 2.24) is 4.90 Å². The molecule has 0 unspecified atom stereocenters. The minimum atomic E-state index is -0.227. The van der Waals surface area contributed by atoms with Crippen molar-refractivity contribution in [3.05, 3.63) is 23.8 Å². The molecule has 2 aliphatic rings. The van der Waals surface area contributed by atoms with Crippen LogP contribution in [-0.4, -0.2) is 50.0 Å². The standard InChI is InChI=1S/C19H27N3O3/c1-25-16-4-5-17-15(12-16)3-2-8-22(17)19(24)13-21-9-6-14(7-10-21)11-18(20)23/h4-5,12,14H,2-3,6-11,13H2,1H3,(H2,20,23). The topological polar surface area (TPSA) is 75.9 Å². The lowest BCUT2D eigenvalue weighted by atomic mass is 9.93. The minimum Gasteiger partial charge on any atom is -0.497 e. The van der Waals surface area contributed by atoms with Crippen molar-refractivity contribution in [3.8, 4) is 5.75 Å². The Morgan fingerprint density at radius 3 is 2.68 bits per heavy atom. The number of methoxy groups -OCH3 is 1. The maximum absolute atomic E-state index is 12.8. The first-order chi connectivity index (χ1) is 12.1. The number of piperidine rings is 1. The first-order valence-electron chi connectivity index (χ1n) is 9.04. The lowest BCUT2D eigenvalue weighted by molar-refractivity contribution is -0.121. The van der Waals surface area contributed by atoms with E-state index in [2.05, 4.69) is 4.90 Å². The van der Waals surface area contributed by atoms with Crippen LogP contribution in [0, 0.1) is 5.92 Å². The van der Waals surface area contributed by atoms with Crippen molar-refractivity contribution in [3.63, 3.8) is 0 Å². The number of carbonyl (C=O) groups is 2. The summed E-state index contributed by atoms with van der Waals surface area (Å²) in [6.07, 6.45) is 4.29. The zero-order valence-electron chi connectivity index (χ0n) is 14.9. The molecule has 25 heavy (non-hydrogen) atoms. The number of hydrogen-bond acceptors (Lipinski definition) is 4. The van der Waals surface area contributed by atoms with E-state index in [1.165, 1.54) is 5.56 Å². The third-order valence-electron chi connectivity index (χ3n) is 5.26. The number of fused-ring (bicyclic) bond motifs is 1. The van der Waals surface area contributed by atoms with Gasteiger partial charge in [0.1, 0.15) is 5.75 Å². The molecular formula is C19H27N3O3. The molecule has 3 rings (SSSR count). The summed E-state index contributed by atoms with van der Waals surface area (Å²) in [5.41, 5.74) is 7.47. The molecule has 0 aromatic heterocycles. The molecule has 0 radical (unpaired) electrons. The minimum absolute atomic E-state index is 0.152. The van der Waals surface area contributed by atoms with Crippen LogP contribution < -0.4 is 15.4 Å².